The van der Waals surface area contributed by atoms with Gasteiger partial charge in [-0.05, 0) is 40.0 Å². The summed E-state index contributed by atoms with van der Waals surface area (Å²) in [6.45, 7) is 7.06. The predicted octanol–water partition coefficient (Wildman–Crippen LogP) is 2.79. The number of carbonyl (C=O) groups is 2. The molecule has 1 saturated heterocycles. The molecular formula is C16H28N2O3. The van der Waals surface area contributed by atoms with E-state index in [9.17, 15) is 9.59 Å². The van der Waals surface area contributed by atoms with Crippen LogP contribution in [0.3, 0.4) is 0 Å². The average Bonchev–Trinajstić information content (AvgIpc) is 2.60. The van der Waals surface area contributed by atoms with Gasteiger partial charge in [0.2, 0.25) is 5.91 Å². The van der Waals surface area contributed by atoms with Crippen LogP contribution < -0.4 is 0 Å². The second kappa shape index (κ2) is 6.67. The normalized spacial score (nSPS) is 22.1. The highest BCUT2D eigenvalue weighted by molar-refractivity contribution is 5.83. The largest absolute Gasteiger partial charge is 0.444 e. The van der Waals surface area contributed by atoms with E-state index >= 15 is 0 Å². The van der Waals surface area contributed by atoms with Crippen molar-refractivity contribution in [2.75, 3.05) is 19.6 Å². The Bertz CT molecular complexity index is 383. The van der Waals surface area contributed by atoms with Gasteiger partial charge >= 0.3 is 6.09 Å². The minimum absolute atomic E-state index is 0.0743. The molecule has 0 aromatic carbocycles. The average molecular weight is 296 g/mol. The second-order valence-electron chi connectivity index (χ2n) is 7.13. The van der Waals surface area contributed by atoms with Crippen LogP contribution >= 0.6 is 0 Å². The molecular weight excluding hydrogens is 268 g/mol. The van der Waals surface area contributed by atoms with Crippen molar-refractivity contribution in [2.45, 2.75) is 70.9 Å². The minimum atomic E-state index is -0.518. The zero-order valence-electron chi connectivity index (χ0n) is 13.6. The van der Waals surface area contributed by atoms with Crippen molar-refractivity contribution in [3.8, 4) is 0 Å². The van der Waals surface area contributed by atoms with Crippen molar-refractivity contribution >= 4 is 12.0 Å². The molecule has 2 amide bonds. The van der Waals surface area contributed by atoms with Gasteiger partial charge in [0.05, 0.1) is 0 Å². The minimum Gasteiger partial charge on any atom is -0.444 e. The van der Waals surface area contributed by atoms with E-state index in [0.717, 1.165) is 25.8 Å². The predicted molar refractivity (Wildman–Crippen MR) is 81.0 cm³/mol. The molecule has 21 heavy (non-hydrogen) atoms. The zero-order valence-corrected chi connectivity index (χ0v) is 13.6. The molecule has 0 bridgehead atoms. The van der Waals surface area contributed by atoms with Crippen molar-refractivity contribution in [1.82, 2.24) is 9.80 Å². The Balaban J connectivity index is 1.95. The van der Waals surface area contributed by atoms with Crippen molar-refractivity contribution < 1.29 is 14.3 Å². The lowest BCUT2D eigenvalue weighted by molar-refractivity contribution is -0.134. The number of hydrogen-bond acceptors (Lipinski definition) is 3. The van der Waals surface area contributed by atoms with Gasteiger partial charge < -0.3 is 9.64 Å². The van der Waals surface area contributed by atoms with E-state index in [1.54, 1.807) is 4.90 Å². The van der Waals surface area contributed by atoms with Crippen LogP contribution in [0.2, 0.25) is 0 Å². The van der Waals surface area contributed by atoms with Gasteiger partial charge in [0.25, 0.3) is 0 Å². The Labute approximate surface area is 127 Å². The van der Waals surface area contributed by atoms with Crippen LogP contribution in [-0.4, -0.2) is 53.1 Å². The summed E-state index contributed by atoms with van der Waals surface area (Å²) in [6.07, 6.45) is 6.39. The first kappa shape index (κ1) is 16.1. The van der Waals surface area contributed by atoms with Crippen molar-refractivity contribution in [3.63, 3.8) is 0 Å². The van der Waals surface area contributed by atoms with Crippen molar-refractivity contribution in [2.24, 2.45) is 0 Å². The topological polar surface area (TPSA) is 49.9 Å². The summed E-state index contributed by atoms with van der Waals surface area (Å²) in [5, 5.41) is 0. The zero-order chi connectivity index (χ0) is 15.5. The monoisotopic (exact) mass is 296 g/mol. The second-order valence-corrected chi connectivity index (χ2v) is 7.13. The summed E-state index contributed by atoms with van der Waals surface area (Å²) in [5.74, 6) is 0.0743. The van der Waals surface area contributed by atoms with Gasteiger partial charge in [-0.15, -0.1) is 0 Å². The Morgan fingerprint density at radius 3 is 2.38 bits per heavy atom. The quantitative estimate of drug-likeness (QED) is 0.747. The molecule has 5 heteroatoms. The van der Waals surface area contributed by atoms with Crippen LogP contribution in [-0.2, 0) is 9.53 Å². The fourth-order valence-corrected chi connectivity index (χ4v) is 3.15. The molecule has 2 rings (SSSR count). The third kappa shape index (κ3) is 4.61. The molecule has 0 unspecified atom stereocenters. The van der Waals surface area contributed by atoms with Gasteiger partial charge in [0.15, 0.2) is 0 Å². The Hall–Kier alpha value is -1.26. The Morgan fingerprint density at radius 1 is 1.10 bits per heavy atom. The van der Waals surface area contributed by atoms with Gasteiger partial charge in [-0.3, -0.25) is 9.69 Å². The van der Waals surface area contributed by atoms with Gasteiger partial charge in [-0.25, -0.2) is 4.79 Å². The number of hydrogen-bond donors (Lipinski definition) is 0. The number of rotatable bonds is 1. The lowest BCUT2D eigenvalue weighted by atomic mass is 9.94. The molecule has 2 fully saturated rings. The molecule has 0 aromatic rings. The highest BCUT2D eigenvalue weighted by atomic mass is 16.6. The SMILES string of the molecule is CC(C)(C)OC(=O)N1CCCN(C2CCCCC2)C(=O)C1. The van der Waals surface area contributed by atoms with E-state index in [2.05, 4.69) is 0 Å². The first-order chi connectivity index (χ1) is 9.87. The maximum absolute atomic E-state index is 12.5. The third-order valence-electron chi connectivity index (χ3n) is 4.14. The fourth-order valence-electron chi connectivity index (χ4n) is 3.15. The smallest absolute Gasteiger partial charge is 0.410 e. The molecule has 0 N–H and O–H groups in total. The molecule has 1 aliphatic carbocycles. The van der Waals surface area contributed by atoms with Crippen LogP contribution in [0.25, 0.3) is 0 Å². The lowest BCUT2D eigenvalue weighted by Crippen LogP contribution is -2.45. The van der Waals surface area contributed by atoms with Crippen LogP contribution in [0.15, 0.2) is 0 Å². The Kier molecular flexibility index (Phi) is 5.12. The number of ether oxygens (including phenoxy) is 1. The van der Waals surface area contributed by atoms with Gasteiger partial charge in [0.1, 0.15) is 12.1 Å². The number of carbonyl (C=O) groups excluding carboxylic acids is 2. The van der Waals surface area contributed by atoms with Crippen molar-refractivity contribution in [1.29, 1.82) is 0 Å². The summed E-state index contributed by atoms with van der Waals surface area (Å²) in [4.78, 5) is 28.2. The number of amides is 2. The molecule has 2 aliphatic rings. The summed E-state index contributed by atoms with van der Waals surface area (Å²) < 4.78 is 5.38. The van der Waals surface area contributed by atoms with E-state index in [-0.39, 0.29) is 18.5 Å². The molecule has 0 atom stereocenters. The van der Waals surface area contributed by atoms with Crippen LogP contribution in [0.5, 0.6) is 0 Å². The van der Waals surface area contributed by atoms with E-state index in [1.165, 1.54) is 19.3 Å². The molecule has 0 aromatic heterocycles. The Morgan fingerprint density at radius 2 is 1.76 bits per heavy atom. The van der Waals surface area contributed by atoms with Crippen molar-refractivity contribution in [3.05, 3.63) is 0 Å². The van der Waals surface area contributed by atoms with E-state index in [4.69, 9.17) is 4.74 Å². The van der Waals surface area contributed by atoms with Gasteiger partial charge in [-0.2, -0.15) is 0 Å². The molecule has 5 nitrogen and oxygen atoms in total. The van der Waals surface area contributed by atoms with Crippen LogP contribution in [0, 0.1) is 0 Å². The maximum Gasteiger partial charge on any atom is 0.410 e. The van der Waals surface area contributed by atoms with E-state index in [0.29, 0.717) is 12.6 Å². The molecule has 1 saturated carbocycles. The first-order valence-electron chi connectivity index (χ1n) is 8.14. The standard InChI is InChI=1S/C16H28N2O3/c1-16(2,3)21-15(20)17-10-7-11-18(14(19)12-17)13-8-5-4-6-9-13/h13H,4-12H2,1-3H3. The van der Waals surface area contributed by atoms with Crippen LogP contribution in [0.1, 0.15) is 59.3 Å². The van der Waals surface area contributed by atoms with Gasteiger partial charge in [-0.1, -0.05) is 19.3 Å². The highest BCUT2D eigenvalue weighted by Gasteiger charge is 2.31. The highest BCUT2D eigenvalue weighted by Crippen LogP contribution is 2.24. The van der Waals surface area contributed by atoms with Gasteiger partial charge in [0, 0.05) is 19.1 Å². The molecule has 1 aliphatic heterocycles. The third-order valence-corrected chi connectivity index (χ3v) is 4.14. The summed E-state index contributed by atoms with van der Waals surface area (Å²) in [5.41, 5.74) is -0.518. The fraction of sp³-hybridized carbons (Fsp3) is 0.875. The van der Waals surface area contributed by atoms with Crippen LogP contribution in [0.4, 0.5) is 4.79 Å². The molecule has 0 radical (unpaired) electrons. The maximum atomic E-state index is 12.5. The number of nitrogens with zero attached hydrogens (tertiary/aromatic N) is 2. The summed E-state index contributed by atoms with van der Waals surface area (Å²) in [7, 11) is 0. The molecule has 0 spiro atoms. The molecule has 1 heterocycles. The molecule has 120 valence electrons. The summed E-state index contributed by atoms with van der Waals surface area (Å²) in [6, 6.07) is 0.379. The van der Waals surface area contributed by atoms with E-state index < -0.39 is 5.60 Å². The van der Waals surface area contributed by atoms with E-state index in [1.807, 2.05) is 25.7 Å². The first-order valence-corrected chi connectivity index (χ1v) is 8.14. The lowest BCUT2D eigenvalue weighted by Gasteiger charge is -2.33. The summed E-state index contributed by atoms with van der Waals surface area (Å²) >= 11 is 0.